The summed E-state index contributed by atoms with van der Waals surface area (Å²) in [6, 6.07) is 4.73. The monoisotopic (exact) mass is 263 g/mol. The second-order valence-electron chi connectivity index (χ2n) is 5.24. The molecule has 1 aliphatic rings. The predicted molar refractivity (Wildman–Crippen MR) is 78.6 cm³/mol. The Morgan fingerprint density at radius 3 is 2.84 bits per heavy atom. The van der Waals surface area contributed by atoms with Gasteiger partial charge in [0.25, 0.3) is 0 Å². The molecule has 0 aromatic carbocycles. The van der Waals surface area contributed by atoms with Gasteiger partial charge in [-0.2, -0.15) is 0 Å². The largest absolute Gasteiger partial charge is 0.376 e. The van der Waals surface area contributed by atoms with E-state index < -0.39 is 0 Å². The van der Waals surface area contributed by atoms with Crippen LogP contribution in [0.3, 0.4) is 0 Å². The van der Waals surface area contributed by atoms with Gasteiger partial charge in [0.15, 0.2) is 0 Å². The van der Waals surface area contributed by atoms with E-state index in [9.17, 15) is 0 Å². The number of rotatable bonds is 5. The molecule has 0 amide bonds. The summed E-state index contributed by atoms with van der Waals surface area (Å²) < 4.78 is 5.64. The van der Waals surface area contributed by atoms with Gasteiger partial charge in [0, 0.05) is 25.9 Å². The standard InChI is InChI=1S/C15H25N3O/c1-5-16-10-13-6-7-15(17-11(13)2)18(4)14-8-9-19-12(14)3/h6-7,12,14,16H,5,8-10H2,1-4H3. The number of nitrogens with one attached hydrogen (secondary N) is 1. The molecule has 1 aromatic rings. The first-order valence-electron chi connectivity index (χ1n) is 7.15. The van der Waals surface area contributed by atoms with Crippen LogP contribution in [0.5, 0.6) is 0 Å². The molecular weight excluding hydrogens is 238 g/mol. The molecule has 2 unspecified atom stereocenters. The number of anilines is 1. The van der Waals surface area contributed by atoms with Crippen LogP contribution in [-0.4, -0.2) is 37.3 Å². The zero-order valence-corrected chi connectivity index (χ0v) is 12.4. The molecule has 2 atom stereocenters. The normalized spacial score (nSPS) is 22.7. The topological polar surface area (TPSA) is 37.4 Å². The van der Waals surface area contributed by atoms with Crippen molar-refractivity contribution in [3.8, 4) is 0 Å². The van der Waals surface area contributed by atoms with Gasteiger partial charge in [-0.05, 0) is 38.4 Å². The number of pyridine rings is 1. The number of nitrogens with zero attached hydrogens (tertiary/aromatic N) is 2. The SMILES string of the molecule is CCNCc1ccc(N(C)C2CCOC2C)nc1C. The summed E-state index contributed by atoms with van der Waals surface area (Å²) in [4.78, 5) is 6.99. The first-order valence-corrected chi connectivity index (χ1v) is 7.15. The Hall–Kier alpha value is -1.13. The van der Waals surface area contributed by atoms with Crippen molar-refractivity contribution in [2.24, 2.45) is 0 Å². The van der Waals surface area contributed by atoms with E-state index in [2.05, 4.69) is 50.2 Å². The van der Waals surface area contributed by atoms with Crippen molar-refractivity contribution in [3.05, 3.63) is 23.4 Å². The minimum Gasteiger partial charge on any atom is -0.376 e. The first-order chi connectivity index (χ1) is 9.13. The summed E-state index contributed by atoms with van der Waals surface area (Å²) >= 11 is 0. The van der Waals surface area contributed by atoms with Crippen molar-refractivity contribution >= 4 is 5.82 Å². The zero-order valence-electron chi connectivity index (χ0n) is 12.4. The van der Waals surface area contributed by atoms with Gasteiger partial charge in [-0.15, -0.1) is 0 Å². The molecule has 1 aromatic heterocycles. The minimum absolute atomic E-state index is 0.286. The molecule has 4 nitrogen and oxygen atoms in total. The quantitative estimate of drug-likeness (QED) is 0.883. The molecule has 0 saturated carbocycles. The van der Waals surface area contributed by atoms with Gasteiger partial charge >= 0.3 is 0 Å². The number of aryl methyl sites for hydroxylation is 1. The van der Waals surface area contributed by atoms with Gasteiger partial charge in [0.1, 0.15) is 5.82 Å². The van der Waals surface area contributed by atoms with E-state index in [1.54, 1.807) is 0 Å². The highest BCUT2D eigenvalue weighted by Crippen LogP contribution is 2.23. The fourth-order valence-corrected chi connectivity index (χ4v) is 2.62. The molecule has 1 saturated heterocycles. The molecular formula is C15H25N3O. The Labute approximate surface area is 116 Å². The van der Waals surface area contributed by atoms with Gasteiger partial charge < -0.3 is 15.0 Å². The summed E-state index contributed by atoms with van der Waals surface area (Å²) in [5.74, 6) is 1.04. The lowest BCUT2D eigenvalue weighted by atomic mass is 10.1. The van der Waals surface area contributed by atoms with Crippen LogP contribution >= 0.6 is 0 Å². The third-order valence-corrected chi connectivity index (χ3v) is 3.94. The number of hydrogen-bond acceptors (Lipinski definition) is 4. The Morgan fingerprint density at radius 1 is 1.47 bits per heavy atom. The summed E-state index contributed by atoms with van der Waals surface area (Å²) in [6.45, 7) is 9.07. The fourth-order valence-electron chi connectivity index (χ4n) is 2.62. The lowest BCUT2D eigenvalue weighted by Crippen LogP contribution is -2.37. The summed E-state index contributed by atoms with van der Waals surface area (Å²) in [6.07, 6.45) is 1.37. The molecule has 4 heteroatoms. The van der Waals surface area contributed by atoms with Gasteiger partial charge in [-0.3, -0.25) is 0 Å². The van der Waals surface area contributed by atoms with Crippen molar-refractivity contribution < 1.29 is 4.74 Å². The molecule has 0 bridgehead atoms. The van der Waals surface area contributed by atoms with Crippen LogP contribution in [0.25, 0.3) is 0 Å². The Balaban J connectivity index is 2.10. The summed E-state index contributed by atoms with van der Waals surface area (Å²) in [5.41, 5.74) is 2.38. The molecule has 106 valence electrons. The molecule has 0 radical (unpaired) electrons. The highest BCUT2D eigenvalue weighted by Gasteiger charge is 2.28. The van der Waals surface area contributed by atoms with E-state index in [1.165, 1.54) is 5.56 Å². The maximum Gasteiger partial charge on any atom is 0.128 e. The average molecular weight is 263 g/mol. The lowest BCUT2D eigenvalue weighted by molar-refractivity contribution is 0.118. The maximum atomic E-state index is 5.64. The van der Waals surface area contributed by atoms with Crippen molar-refractivity contribution in [2.75, 3.05) is 25.1 Å². The smallest absolute Gasteiger partial charge is 0.128 e. The van der Waals surface area contributed by atoms with Crippen LogP contribution < -0.4 is 10.2 Å². The van der Waals surface area contributed by atoms with Gasteiger partial charge in [0.05, 0.1) is 12.1 Å². The molecule has 19 heavy (non-hydrogen) atoms. The van der Waals surface area contributed by atoms with Gasteiger partial charge in [0.2, 0.25) is 0 Å². The Kier molecular flexibility index (Phi) is 4.77. The van der Waals surface area contributed by atoms with E-state index in [-0.39, 0.29) is 6.10 Å². The Morgan fingerprint density at radius 2 is 2.26 bits per heavy atom. The number of hydrogen-bond donors (Lipinski definition) is 1. The van der Waals surface area contributed by atoms with Crippen LogP contribution in [0.15, 0.2) is 12.1 Å². The van der Waals surface area contributed by atoms with E-state index in [1.807, 2.05) is 0 Å². The van der Waals surface area contributed by atoms with Crippen LogP contribution in [0.4, 0.5) is 5.82 Å². The fraction of sp³-hybridized carbons (Fsp3) is 0.667. The number of ether oxygens (including phenoxy) is 1. The molecule has 0 spiro atoms. The van der Waals surface area contributed by atoms with Crippen molar-refractivity contribution in [1.82, 2.24) is 10.3 Å². The Bertz CT molecular complexity index is 422. The number of aromatic nitrogens is 1. The van der Waals surface area contributed by atoms with Crippen LogP contribution in [0, 0.1) is 6.92 Å². The zero-order chi connectivity index (χ0) is 13.8. The highest BCUT2D eigenvalue weighted by atomic mass is 16.5. The third-order valence-electron chi connectivity index (χ3n) is 3.94. The highest BCUT2D eigenvalue weighted by molar-refractivity contribution is 5.42. The molecule has 0 aliphatic carbocycles. The second kappa shape index (κ2) is 6.35. The van der Waals surface area contributed by atoms with Crippen molar-refractivity contribution in [3.63, 3.8) is 0 Å². The average Bonchev–Trinajstić information content (AvgIpc) is 2.82. The van der Waals surface area contributed by atoms with Crippen LogP contribution in [-0.2, 0) is 11.3 Å². The predicted octanol–water partition coefficient (Wildman–Crippen LogP) is 2.11. The summed E-state index contributed by atoms with van der Waals surface area (Å²) in [7, 11) is 2.11. The van der Waals surface area contributed by atoms with Gasteiger partial charge in [-0.25, -0.2) is 4.98 Å². The lowest BCUT2D eigenvalue weighted by Gasteiger charge is -2.28. The van der Waals surface area contributed by atoms with Crippen LogP contribution in [0.2, 0.25) is 0 Å². The molecule has 2 heterocycles. The minimum atomic E-state index is 0.286. The van der Waals surface area contributed by atoms with E-state index in [4.69, 9.17) is 9.72 Å². The van der Waals surface area contributed by atoms with E-state index >= 15 is 0 Å². The van der Waals surface area contributed by atoms with Gasteiger partial charge in [-0.1, -0.05) is 13.0 Å². The molecule has 2 rings (SSSR count). The summed E-state index contributed by atoms with van der Waals surface area (Å²) in [5, 5.41) is 3.34. The third kappa shape index (κ3) is 3.25. The molecule has 1 aliphatic heterocycles. The first kappa shape index (κ1) is 14.3. The van der Waals surface area contributed by atoms with Crippen molar-refractivity contribution in [1.29, 1.82) is 0 Å². The van der Waals surface area contributed by atoms with Crippen LogP contribution in [0.1, 0.15) is 31.5 Å². The van der Waals surface area contributed by atoms with Crippen molar-refractivity contribution in [2.45, 2.75) is 45.9 Å². The number of likely N-dealkylation sites (N-methyl/N-ethyl adjacent to an activating group) is 1. The molecule has 1 N–H and O–H groups in total. The maximum absolute atomic E-state index is 5.64. The molecule has 1 fully saturated rings. The second-order valence-corrected chi connectivity index (χ2v) is 5.24. The van der Waals surface area contributed by atoms with E-state index in [0.29, 0.717) is 6.04 Å². The van der Waals surface area contributed by atoms with E-state index in [0.717, 1.165) is 37.6 Å².